The predicted octanol–water partition coefficient (Wildman–Crippen LogP) is 3.55. The van der Waals surface area contributed by atoms with E-state index in [-0.39, 0.29) is 12.5 Å². The number of benzene rings is 2. The molecule has 26 heavy (non-hydrogen) atoms. The lowest BCUT2D eigenvalue weighted by molar-refractivity contribution is -0.114. The summed E-state index contributed by atoms with van der Waals surface area (Å²) in [6.07, 6.45) is 0.963. The number of methoxy groups -OCH3 is 1. The molecule has 0 bridgehead atoms. The Morgan fingerprint density at radius 2 is 1.42 bits per heavy atom. The number of ether oxygens (including phenoxy) is 3. The highest BCUT2D eigenvalue weighted by Crippen LogP contribution is 2.17. The van der Waals surface area contributed by atoms with Gasteiger partial charge in [0.05, 0.1) is 19.8 Å². The summed E-state index contributed by atoms with van der Waals surface area (Å²) in [6, 6.07) is 14.8. The van der Waals surface area contributed by atoms with Gasteiger partial charge in [-0.25, -0.2) is 0 Å². The number of hydrogen-bond donors (Lipinski definition) is 2. The molecule has 2 aromatic carbocycles. The van der Waals surface area contributed by atoms with Gasteiger partial charge < -0.3 is 24.8 Å². The normalized spacial score (nSPS) is 10.2. The zero-order valence-electron chi connectivity index (χ0n) is 15.3. The number of nitrogens with one attached hydrogen (secondary N) is 2. The topological polar surface area (TPSA) is 68.8 Å². The fourth-order valence-electron chi connectivity index (χ4n) is 2.15. The Balaban J connectivity index is 1.74. The first-order chi connectivity index (χ1) is 12.7. The molecule has 0 heterocycles. The standard InChI is InChI=1S/C20H26N2O4/c1-3-12-25-18-10-6-17(7-11-18)22-20(23)15-21-16-4-8-19(9-5-16)26-14-13-24-2/h4-11,21H,3,12-15H2,1-2H3,(H,22,23). The number of rotatable bonds is 11. The largest absolute Gasteiger partial charge is 0.494 e. The average Bonchev–Trinajstić information content (AvgIpc) is 2.67. The van der Waals surface area contributed by atoms with E-state index < -0.39 is 0 Å². The van der Waals surface area contributed by atoms with Gasteiger partial charge in [-0.2, -0.15) is 0 Å². The molecular formula is C20H26N2O4. The second kappa shape index (κ2) is 11.0. The second-order valence-electron chi connectivity index (χ2n) is 5.64. The summed E-state index contributed by atoms with van der Waals surface area (Å²) in [4.78, 5) is 12.0. The third-order valence-corrected chi connectivity index (χ3v) is 3.47. The Kier molecular flexibility index (Phi) is 8.29. The summed E-state index contributed by atoms with van der Waals surface area (Å²) in [5.41, 5.74) is 1.59. The summed E-state index contributed by atoms with van der Waals surface area (Å²) >= 11 is 0. The van der Waals surface area contributed by atoms with Gasteiger partial charge >= 0.3 is 0 Å². The van der Waals surface area contributed by atoms with Crippen LogP contribution in [0.4, 0.5) is 11.4 Å². The van der Waals surface area contributed by atoms with Gasteiger partial charge in [0.1, 0.15) is 18.1 Å². The Bertz CT molecular complexity index is 657. The lowest BCUT2D eigenvalue weighted by Crippen LogP contribution is -2.21. The molecule has 0 aliphatic carbocycles. The van der Waals surface area contributed by atoms with Crippen LogP contribution in [0, 0.1) is 0 Å². The van der Waals surface area contributed by atoms with E-state index in [1.54, 1.807) is 7.11 Å². The molecule has 2 aromatic rings. The Labute approximate surface area is 154 Å². The molecule has 1 amide bonds. The van der Waals surface area contributed by atoms with Crippen molar-refractivity contribution in [3.63, 3.8) is 0 Å². The summed E-state index contributed by atoms with van der Waals surface area (Å²) in [5, 5.41) is 5.93. The van der Waals surface area contributed by atoms with Gasteiger partial charge in [-0.3, -0.25) is 4.79 Å². The fourth-order valence-corrected chi connectivity index (χ4v) is 2.15. The van der Waals surface area contributed by atoms with E-state index in [0.29, 0.717) is 19.8 Å². The summed E-state index contributed by atoms with van der Waals surface area (Å²) in [7, 11) is 1.63. The maximum absolute atomic E-state index is 12.0. The quantitative estimate of drug-likeness (QED) is 0.601. The molecule has 6 heteroatoms. The number of anilines is 2. The highest BCUT2D eigenvalue weighted by atomic mass is 16.5. The van der Waals surface area contributed by atoms with Crippen molar-refractivity contribution in [1.82, 2.24) is 0 Å². The van der Waals surface area contributed by atoms with Crippen LogP contribution in [0.1, 0.15) is 13.3 Å². The minimum Gasteiger partial charge on any atom is -0.494 e. The van der Waals surface area contributed by atoms with Crippen LogP contribution in [0.2, 0.25) is 0 Å². The number of hydrogen-bond acceptors (Lipinski definition) is 5. The molecule has 2 N–H and O–H groups in total. The maximum atomic E-state index is 12.0. The third-order valence-electron chi connectivity index (χ3n) is 3.47. The van der Waals surface area contributed by atoms with E-state index in [0.717, 1.165) is 29.3 Å². The first-order valence-corrected chi connectivity index (χ1v) is 8.69. The van der Waals surface area contributed by atoms with Crippen LogP contribution in [0.15, 0.2) is 48.5 Å². The van der Waals surface area contributed by atoms with Crippen LogP contribution in [-0.4, -0.2) is 39.4 Å². The lowest BCUT2D eigenvalue weighted by Gasteiger charge is -2.10. The minimum atomic E-state index is -0.118. The molecule has 0 saturated heterocycles. The summed E-state index contributed by atoms with van der Waals surface area (Å²) in [5.74, 6) is 1.45. The fraction of sp³-hybridized carbons (Fsp3) is 0.350. The predicted molar refractivity (Wildman–Crippen MR) is 103 cm³/mol. The molecule has 0 aliphatic heterocycles. The molecule has 0 unspecified atom stereocenters. The van der Waals surface area contributed by atoms with Crippen LogP contribution in [-0.2, 0) is 9.53 Å². The highest BCUT2D eigenvalue weighted by Gasteiger charge is 2.03. The summed E-state index contributed by atoms with van der Waals surface area (Å²) in [6.45, 7) is 3.98. The minimum absolute atomic E-state index is 0.118. The Hall–Kier alpha value is -2.73. The van der Waals surface area contributed by atoms with Gasteiger partial charge in [0, 0.05) is 18.5 Å². The van der Waals surface area contributed by atoms with E-state index in [9.17, 15) is 4.79 Å². The van der Waals surface area contributed by atoms with Crippen LogP contribution in [0.25, 0.3) is 0 Å². The molecule has 0 atom stereocenters. The van der Waals surface area contributed by atoms with Crippen LogP contribution in [0.3, 0.4) is 0 Å². The molecule has 2 rings (SSSR count). The smallest absolute Gasteiger partial charge is 0.243 e. The van der Waals surface area contributed by atoms with Crippen molar-refractivity contribution in [1.29, 1.82) is 0 Å². The van der Waals surface area contributed by atoms with Crippen LogP contribution in [0.5, 0.6) is 11.5 Å². The van der Waals surface area contributed by atoms with E-state index in [4.69, 9.17) is 14.2 Å². The van der Waals surface area contributed by atoms with Crippen molar-refractivity contribution in [2.75, 3.05) is 44.1 Å². The van der Waals surface area contributed by atoms with Crippen molar-refractivity contribution >= 4 is 17.3 Å². The van der Waals surface area contributed by atoms with Crippen molar-refractivity contribution < 1.29 is 19.0 Å². The molecule has 0 fully saturated rings. The van der Waals surface area contributed by atoms with Gasteiger partial charge in [0.15, 0.2) is 0 Å². The molecule has 0 saturated carbocycles. The maximum Gasteiger partial charge on any atom is 0.243 e. The molecule has 6 nitrogen and oxygen atoms in total. The van der Waals surface area contributed by atoms with E-state index in [2.05, 4.69) is 17.6 Å². The highest BCUT2D eigenvalue weighted by molar-refractivity contribution is 5.93. The zero-order valence-corrected chi connectivity index (χ0v) is 15.3. The van der Waals surface area contributed by atoms with Crippen molar-refractivity contribution in [3.05, 3.63) is 48.5 Å². The van der Waals surface area contributed by atoms with Crippen molar-refractivity contribution in [2.45, 2.75) is 13.3 Å². The number of carbonyl (C=O) groups excluding carboxylic acids is 1. The van der Waals surface area contributed by atoms with Gasteiger partial charge in [-0.15, -0.1) is 0 Å². The van der Waals surface area contributed by atoms with Crippen LogP contribution < -0.4 is 20.1 Å². The van der Waals surface area contributed by atoms with E-state index in [1.165, 1.54) is 0 Å². The van der Waals surface area contributed by atoms with Crippen LogP contribution >= 0.6 is 0 Å². The van der Waals surface area contributed by atoms with E-state index >= 15 is 0 Å². The van der Waals surface area contributed by atoms with E-state index in [1.807, 2.05) is 48.5 Å². The first kappa shape index (κ1) is 19.6. The van der Waals surface area contributed by atoms with Gasteiger partial charge in [-0.1, -0.05) is 6.92 Å². The van der Waals surface area contributed by atoms with Gasteiger partial charge in [0.2, 0.25) is 5.91 Å². The zero-order chi connectivity index (χ0) is 18.6. The third kappa shape index (κ3) is 7.03. The molecule has 0 spiro atoms. The molecule has 140 valence electrons. The van der Waals surface area contributed by atoms with Crippen molar-refractivity contribution in [2.24, 2.45) is 0 Å². The SMILES string of the molecule is CCCOc1ccc(NC(=O)CNc2ccc(OCCOC)cc2)cc1. The number of amides is 1. The van der Waals surface area contributed by atoms with Crippen molar-refractivity contribution in [3.8, 4) is 11.5 Å². The Morgan fingerprint density at radius 1 is 0.846 bits per heavy atom. The molecular weight excluding hydrogens is 332 g/mol. The average molecular weight is 358 g/mol. The van der Waals surface area contributed by atoms with Gasteiger partial charge in [-0.05, 0) is 55.0 Å². The summed E-state index contributed by atoms with van der Waals surface area (Å²) < 4.78 is 16.0. The monoisotopic (exact) mass is 358 g/mol. The molecule has 0 radical (unpaired) electrons. The number of carbonyl (C=O) groups is 1. The Morgan fingerprint density at radius 3 is 2.00 bits per heavy atom. The van der Waals surface area contributed by atoms with Gasteiger partial charge in [0.25, 0.3) is 0 Å². The molecule has 0 aliphatic rings. The first-order valence-electron chi connectivity index (χ1n) is 8.69. The molecule has 0 aromatic heterocycles. The lowest BCUT2D eigenvalue weighted by atomic mass is 10.3. The second-order valence-corrected chi connectivity index (χ2v) is 5.64.